The molecule has 2 rings (SSSR count). The number of nitrogens with zero attached hydrogens (tertiary/aromatic N) is 2. The van der Waals surface area contributed by atoms with Crippen molar-refractivity contribution in [2.45, 2.75) is 19.0 Å². The Morgan fingerprint density at radius 3 is 2.30 bits per heavy atom. The van der Waals surface area contributed by atoms with Gasteiger partial charge in [0.05, 0.1) is 10.5 Å². The minimum absolute atomic E-state index is 0.0109. The summed E-state index contributed by atoms with van der Waals surface area (Å²) >= 11 is 0. The molecule has 0 N–H and O–H groups in total. The minimum Gasteiger partial charge on any atom is -0.370 e. The van der Waals surface area contributed by atoms with E-state index in [1.54, 1.807) is 0 Å². The summed E-state index contributed by atoms with van der Waals surface area (Å²) in [7, 11) is 0. The van der Waals surface area contributed by atoms with Gasteiger partial charge in [-0.05, 0) is 6.07 Å². The van der Waals surface area contributed by atoms with Crippen LogP contribution in [0.3, 0.4) is 0 Å². The lowest BCUT2D eigenvalue weighted by atomic mass is 10.1. The number of nitro groups is 1. The molecule has 0 spiro atoms. The fraction of sp³-hybridized carbons (Fsp3) is 0.417. The first-order chi connectivity index (χ1) is 9.29. The average molecular weight is 288 g/mol. The van der Waals surface area contributed by atoms with Gasteiger partial charge in [-0.15, -0.1) is 0 Å². The number of Topliss-reactive ketones (excluding diaryl/α,β-unsaturated/α-hetero) is 1. The second-order valence-corrected chi connectivity index (χ2v) is 4.48. The van der Waals surface area contributed by atoms with Crippen LogP contribution in [0.15, 0.2) is 18.2 Å². The van der Waals surface area contributed by atoms with E-state index < -0.39 is 22.4 Å². The Kier molecular flexibility index (Phi) is 3.65. The van der Waals surface area contributed by atoms with Crippen LogP contribution in [0, 0.1) is 10.1 Å². The monoisotopic (exact) mass is 288 g/mol. The number of carbonyl (C=O) groups excluding carboxylic acids is 1. The highest BCUT2D eigenvalue weighted by Gasteiger charge is 2.37. The summed E-state index contributed by atoms with van der Waals surface area (Å²) in [6.07, 6.45) is -4.30. The maximum absolute atomic E-state index is 13.0. The Morgan fingerprint density at radius 1 is 1.20 bits per heavy atom. The van der Waals surface area contributed by atoms with Crippen LogP contribution in [-0.4, -0.2) is 23.8 Å². The van der Waals surface area contributed by atoms with Gasteiger partial charge in [0.15, 0.2) is 0 Å². The Labute approximate surface area is 112 Å². The molecule has 0 aliphatic carbocycles. The topological polar surface area (TPSA) is 63.5 Å². The lowest BCUT2D eigenvalue weighted by Crippen LogP contribution is -2.35. The number of hydrogen-bond acceptors (Lipinski definition) is 4. The van der Waals surface area contributed by atoms with Gasteiger partial charge in [0.2, 0.25) is 0 Å². The third-order valence-corrected chi connectivity index (χ3v) is 3.16. The zero-order valence-corrected chi connectivity index (χ0v) is 10.3. The maximum atomic E-state index is 13.0. The molecule has 0 unspecified atom stereocenters. The standard InChI is InChI=1S/C12H11F3N2O3/c13-12(14,15)10-7-8(17(19)20)1-2-11(10)16-5-3-9(18)4-6-16/h1-2,7H,3-6H2. The number of piperidine rings is 1. The number of carbonyl (C=O) groups is 1. The van der Waals surface area contributed by atoms with E-state index in [0.29, 0.717) is 6.07 Å². The zero-order chi connectivity index (χ0) is 14.9. The molecular weight excluding hydrogens is 277 g/mol. The van der Waals surface area contributed by atoms with Crippen LogP contribution < -0.4 is 4.90 Å². The van der Waals surface area contributed by atoms with Gasteiger partial charge in [0, 0.05) is 43.8 Å². The average Bonchev–Trinajstić information content (AvgIpc) is 2.38. The lowest BCUT2D eigenvalue weighted by Gasteiger charge is -2.30. The Morgan fingerprint density at radius 2 is 1.80 bits per heavy atom. The quantitative estimate of drug-likeness (QED) is 0.620. The summed E-state index contributed by atoms with van der Waals surface area (Å²) in [4.78, 5) is 22.3. The maximum Gasteiger partial charge on any atom is 0.418 e. The van der Waals surface area contributed by atoms with Gasteiger partial charge in [0.25, 0.3) is 5.69 Å². The fourth-order valence-corrected chi connectivity index (χ4v) is 2.14. The number of benzene rings is 1. The summed E-state index contributed by atoms with van der Waals surface area (Å²) < 4.78 is 39.0. The fourth-order valence-electron chi connectivity index (χ4n) is 2.14. The first kappa shape index (κ1) is 14.3. The molecule has 8 heteroatoms. The van der Waals surface area contributed by atoms with Gasteiger partial charge in [-0.2, -0.15) is 13.2 Å². The number of ketones is 1. The zero-order valence-electron chi connectivity index (χ0n) is 10.3. The van der Waals surface area contributed by atoms with Gasteiger partial charge in [-0.3, -0.25) is 14.9 Å². The second-order valence-electron chi connectivity index (χ2n) is 4.48. The molecular formula is C12H11F3N2O3. The van der Waals surface area contributed by atoms with E-state index in [1.807, 2.05) is 0 Å². The number of rotatable bonds is 2. The van der Waals surface area contributed by atoms with Gasteiger partial charge in [0.1, 0.15) is 5.78 Å². The van der Waals surface area contributed by atoms with Crippen LogP contribution in [-0.2, 0) is 11.0 Å². The van der Waals surface area contributed by atoms with Crippen LogP contribution in [0.25, 0.3) is 0 Å². The predicted molar refractivity (Wildman–Crippen MR) is 64.6 cm³/mol. The first-order valence-electron chi connectivity index (χ1n) is 5.91. The van der Waals surface area contributed by atoms with Crippen molar-refractivity contribution in [1.29, 1.82) is 0 Å². The van der Waals surface area contributed by atoms with Crippen LogP contribution in [0.1, 0.15) is 18.4 Å². The molecule has 20 heavy (non-hydrogen) atoms. The summed E-state index contributed by atoms with van der Waals surface area (Å²) in [5, 5.41) is 10.6. The molecule has 1 heterocycles. The molecule has 0 saturated carbocycles. The Bertz CT molecular complexity index is 547. The SMILES string of the molecule is O=C1CCN(c2ccc([N+](=O)[O-])cc2C(F)(F)F)CC1. The molecule has 1 fully saturated rings. The largest absolute Gasteiger partial charge is 0.418 e. The van der Waals surface area contributed by atoms with Gasteiger partial charge in [-0.1, -0.05) is 0 Å². The molecule has 0 amide bonds. The van der Waals surface area contributed by atoms with E-state index in [4.69, 9.17) is 0 Å². The first-order valence-corrected chi connectivity index (χ1v) is 5.91. The van der Waals surface area contributed by atoms with Crippen molar-refractivity contribution in [3.05, 3.63) is 33.9 Å². The molecule has 1 aliphatic heterocycles. The van der Waals surface area contributed by atoms with Gasteiger partial charge < -0.3 is 4.90 Å². The van der Waals surface area contributed by atoms with Crippen LogP contribution in [0.4, 0.5) is 24.5 Å². The minimum atomic E-state index is -4.68. The lowest BCUT2D eigenvalue weighted by molar-refractivity contribution is -0.385. The molecule has 1 aromatic rings. The van der Waals surface area contributed by atoms with E-state index >= 15 is 0 Å². The van der Waals surface area contributed by atoms with Crippen molar-refractivity contribution >= 4 is 17.2 Å². The highest BCUT2D eigenvalue weighted by atomic mass is 19.4. The predicted octanol–water partition coefficient (Wildman–Crippen LogP) is 2.78. The molecule has 0 radical (unpaired) electrons. The van der Waals surface area contributed by atoms with Crippen molar-refractivity contribution in [1.82, 2.24) is 0 Å². The molecule has 0 bridgehead atoms. The van der Waals surface area contributed by atoms with Crippen LogP contribution >= 0.6 is 0 Å². The number of nitro benzene ring substituents is 1. The van der Waals surface area contributed by atoms with Crippen LogP contribution in [0.5, 0.6) is 0 Å². The highest BCUT2D eigenvalue weighted by Crippen LogP contribution is 2.39. The number of halogens is 3. The van der Waals surface area contributed by atoms with Crippen molar-refractivity contribution < 1.29 is 22.9 Å². The molecule has 5 nitrogen and oxygen atoms in total. The van der Waals surface area contributed by atoms with E-state index in [0.717, 1.165) is 12.1 Å². The molecule has 108 valence electrons. The normalized spacial score (nSPS) is 16.4. The summed E-state index contributed by atoms with van der Waals surface area (Å²) in [5.41, 5.74) is -1.76. The Hall–Kier alpha value is -2.12. The van der Waals surface area contributed by atoms with Gasteiger partial charge in [-0.25, -0.2) is 0 Å². The Balaban J connectivity index is 2.41. The smallest absolute Gasteiger partial charge is 0.370 e. The summed E-state index contributed by atoms with van der Waals surface area (Å²) in [5.74, 6) is 0.0109. The number of alkyl halides is 3. The van der Waals surface area contributed by atoms with Crippen LogP contribution in [0.2, 0.25) is 0 Å². The molecule has 0 atom stereocenters. The molecule has 0 aromatic heterocycles. The molecule has 1 aromatic carbocycles. The highest BCUT2D eigenvalue weighted by molar-refractivity contribution is 5.81. The van der Waals surface area contributed by atoms with Crippen molar-refractivity contribution in [3.63, 3.8) is 0 Å². The molecule has 1 aliphatic rings. The third-order valence-electron chi connectivity index (χ3n) is 3.16. The van der Waals surface area contributed by atoms with Crippen molar-refractivity contribution in [2.24, 2.45) is 0 Å². The second kappa shape index (κ2) is 5.10. The molecule has 1 saturated heterocycles. The van der Waals surface area contributed by atoms with E-state index in [2.05, 4.69) is 0 Å². The van der Waals surface area contributed by atoms with E-state index in [9.17, 15) is 28.1 Å². The number of hydrogen-bond donors (Lipinski definition) is 0. The van der Waals surface area contributed by atoms with E-state index in [1.165, 1.54) is 4.90 Å². The third kappa shape index (κ3) is 2.89. The summed E-state index contributed by atoms with van der Waals surface area (Å²) in [6.45, 7) is 0.388. The number of anilines is 1. The van der Waals surface area contributed by atoms with E-state index in [-0.39, 0.29) is 37.4 Å². The van der Waals surface area contributed by atoms with Crippen molar-refractivity contribution in [3.8, 4) is 0 Å². The van der Waals surface area contributed by atoms with Gasteiger partial charge >= 0.3 is 6.18 Å². The summed E-state index contributed by atoms with van der Waals surface area (Å²) in [6, 6.07) is 2.67. The van der Waals surface area contributed by atoms with Crippen molar-refractivity contribution in [2.75, 3.05) is 18.0 Å². The number of non-ortho nitro benzene ring substituents is 1.